The number of hydrogen-bond acceptors (Lipinski definition) is 2. The molecule has 0 radical (unpaired) electrons. The lowest BCUT2D eigenvalue weighted by molar-refractivity contribution is 0.0959. The highest BCUT2D eigenvalue weighted by Gasteiger charge is 2.08. The van der Waals surface area contributed by atoms with Crippen LogP contribution >= 0.6 is 0 Å². The van der Waals surface area contributed by atoms with Gasteiger partial charge in [-0.1, -0.05) is 6.08 Å². The summed E-state index contributed by atoms with van der Waals surface area (Å²) in [6.45, 7) is 4.01. The number of rotatable bonds is 3. The maximum Gasteiger partial charge on any atom is 0.253 e. The van der Waals surface area contributed by atoms with E-state index >= 15 is 0 Å². The molecular weight excluding hydrogens is 190 g/mol. The second-order valence-electron chi connectivity index (χ2n) is 3.08. The molecule has 2 heterocycles. The molecule has 0 fully saturated rings. The molecule has 2 rings (SSSR count). The van der Waals surface area contributed by atoms with E-state index in [2.05, 4.69) is 17.0 Å². The third-order valence-electron chi connectivity index (χ3n) is 2.09. The monoisotopic (exact) mass is 201 g/mol. The first kappa shape index (κ1) is 9.45. The summed E-state index contributed by atoms with van der Waals surface area (Å²) in [5.41, 5.74) is 1.43. The van der Waals surface area contributed by atoms with Crippen LogP contribution < -0.4 is 5.32 Å². The lowest BCUT2D eigenvalue weighted by Gasteiger charge is -2.03. The third kappa shape index (κ3) is 1.74. The fraction of sp³-hybridized carbons (Fsp3) is 0.0909. The fourth-order valence-corrected chi connectivity index (χ4v) is 1.40. The van der Waals surface area contributed by atoms with E-state index in [0.717, 1.165) is 5.52 Å². The van der Waals surface area contributed by atoms with Gasteiger partial charge in [-0.25, -0.2) is 4.52 Å². The van der Waals surface area contributed by atoms with Crippen LogP contribution in [0.1, 0.15) is 10.4 Å². The van der Waals surface area contributed by atoms with Crippen molar-refractivity contribution >= 4 is 11.4 Å². The quantitative estimate of drug-likeness (QED) is 0.760. The number of aromatic nitrogens is 2. The van der Waals surface area contributed by atoms with Crippen molar-refractivity contribution in [3.8, 4) is 0 Å². The highest BCUT2D eigenvalue weighted by Crippen LogP contribution is 2.09. The number of nitrogens with zero attached hydrogens (tertiary/aromatic N) is 2. The SMILES string of the molecule is C=CCNC(=O)c1cccn2nccc12. The summed E-state index contributed by atoms with van der Waals surface area (Å²) in [6, 6.07) is 5.38. The highest BCUT2D eigenvalue weighted by atomic mass is 16.1. The van der Waals surface area contributed by atoms with E-state index in [-0.39, 0.29) is 5.91 Å². The zero-order valence-electron chi connectivity index (χ0n) is 8.18. The van der Waals surface area contributed by atoms with Crippen molar-refractivity contribution in [2.45, 2.75) is 0 Å². The summed E-state index contributed by atoms with van der Waals surface area (Å²) < 4.78 is 1.67. The zero-order valence-corrected chi connectivity index (χ0v) is 8.18. The zero-order chi connectivity index (χ0) is 10.7. The van der Waals surface area contributed by atoms with Gasteiger partial charge in [-0.15, -0.1) is 6.58 Å². The summed E-state index contributed by atoms with van der Waals surface area (Å²) in [7, 11) is 0. The molecule has 0 unspecified atom stereocenters. The average molecular weight is 201 g/mol. The lowest BCUT2D eigenvalue weighted by Crippen LogP contribution is -2.23. The summed E-state index contributed by atoms with van der Waals surface area (Å²) >= 11 is 0. The van der Waals surface area contributed by atoms with Gasteiger partial charge in [0.25, 0.3) is 5.91 Å². The Balaban J connectivity index is 2.38. The Labute approximate surface area is 87.2 Å². The molecule has 0 atom stereocenters. The van der Waals surface area contributed by atoms with E-state index < -0.39 is 0 Å². The van der Waals surface area contributed by atoms with E-state index in [9.17, 15) is 4.79 Å². The molecule has 4 heteroatoms. The van der Waals surface area contributed by atoms with Crippen LogP contribution in [0.3, 0.4) is 0 Å². The van der Waals surface area contributed by atoms with Crippen molar-refractivity contribution < 1.29 is 4.79 Å². The normalized spacial score (nSPS) is 10.1. The van der Waals surface area contributed by atoms with Gasteiger partial charge in [0.2, 0.25) is 0 Å². The first-order chi connectivity index (χ1) is 7.33. The smallest absolute Gasteiger partial charge is 0.253 e. The molecule has 0 aliphatic carbocycles. The number of fused-ring (bicyclic) bond motifs is 1. The largest absolute Gasteiger partial charge is 0.349 e. The predicted molar refractivity (Wildman–Crippen MR) is 57.7 cm³/mol. The van der Waals surface area contributed by atoms with Crippen LogP contribution in [0.25, 0.3) is 5.52 Å². The molecule has 15 heavy (non-hydrogen) atoms. The van der Waals surface area contributed by atoms with Crippen LogP contribution in [-0.2, 0) is 0 Å². The number of carbonyl (C=O) groups is 1. The van der Waals surface area contributed by atoms with Gasteiger partial charge in [0, 0.05) is 12.7 Å². The van der Waals surface area contributed by atoms with Crippen molar-refractivity contribution in [3.63, 3.8) is 0 Å². The Bertz CT molecular complexity index is 501. The van der Waals surface area contributed by atoms with Crippen molar-refractivity contribution in [1.82, 2.24) is 14.9 Å². The van der Waals surface area contributed by atoms with Crippen LogP contribution in [0.2, 0.25) is 0 Å². The first-order valence-electron chi connectivity index (χ1n) is 4.64. The number of pyridine rings is 1. The lowest BCUT2D eigenvalue weighted by atomic mass is 10.2. The Hall–Kier alpha value is -2.10. The Morgan fingerprint density at radius 3 is 3.27 bits per heavy atom. The second-order valence-corrected chi connectivity index (χ2v) is 3.08. The topological polar surface area (TPSA) is 46.4 Å². The standard InChI is InChI=1S/C11H11N3O/c1-2-6-12-11(15)9-4-3-8-14-10(9)5-7-13-14/h2-5,7-8H,1,6H2,(H,12,15). The molecule has 2 aromatic heterocycles. The minimum atomic E-state index is -0.110. The number of carbonyl (C=O) groups excluding carboxylic acids is 1. The Morgan fingerprint density at radius 2 is 2.47 bits per heavy atom. The van der Waals surface area contributed by atoms with E-state index in [1.165, 1.54) is 0 Å². The number of amides is 1. The van der Waals surface area contributed by atoms with Gasteiger partial charge < -0.3 is 5.32 Å². The summed E-state index contributed by atoms with van der Waals surface area (Å²) in [6.07, 6.45) is 5.12. The van der Waals surface area contributed by atoms with Crippen molar-refractivity contribution in [2.75, 3.05) is 6.54 Å². The maximum absolute atomic E-state index is 11.7. The molecule has 0 bridgehead atoms. The molecule has 0 saturated carbocycles. The molecular formula is C11H11N3O. The van der Waals surface area contributed by atoms with Crippen molar-refractivity contribution in [2.24, 2.45) is 0 Å². The third-order valence-corrected chi connectivity index (χ3v) is 2.09. The van der Waals surface area contributed by atoms with Crippen LogP contribution in [0.5, 0.6) is 0 Å². The van der Waals surface area contributed by atoms with E-state index in [1.807, 2.05) is 6.07 Å². The van der Waals surface area contributed by atoms with Gasteiger partial charge in [-0.3, -0.25) is 4.79 Å². The fourth-order valence-electron chi connectivity index (χ4n) is 1.40. The molecule has 0 spiro atoms. The number of hydrogen-bond donors (Lipinski definition) is 1. The van der Waals surface area contributed by atoms with Gasteiger partial charge in [0.15, 0.2) is 0 Å². The highest BCUT2D eigenvalue weighted by molar-refractivity contribution is 6.00. The maximum atomic E-state index is 11.7. The first-order valence-corrected chi connectivity index (χ1v) is 4.64. The summed E-state index contributed by atoms with van der Waals surface area (Å²) in [4.78, 5) is 11.7. The van der Waals surface area contributed by atoms with E-state index in [4.69, 9.17) is 0 Å². The molecule has 0 aliphatic heterocycles. The van der Waals surface area contributed by atoms with Gasteiger partial charge in [-0.05, 0) is 18.2 Å². The Kier molecular flexibility index (Phi) is 2.49. The van der Waals surface area contributed by atoms with Gasteiger partial charge in [0.05, 0.1) is 17.3 Å². The minimum Gasteiger partial charge on any atom is -0.349 e. The van der Waals surface area contributed by atoms with E-state index in [1.54, 1.807) is 35.1 Å². The molecule has 1 amide bonds. The van der Waals surface area contributed by atoms with Gasteiger partial charge in [-0.2, -0.15) is 5.10 Å². The molecule has 0 saturated heterocycles. The van der Waals surface area contributed by atoms with Gasteiger partial charge in [0.1, 0.15) is 0 Å². The average Bonchev–Trinajstić information content (AvgIpc) is 2.73. The van der Waals surface area contributed by atoms with Crippen LogP contribution in [0, 0.1) is 0 Å². The summed E-state index contributed by atoms with van der Waals surface area (Å²) in [5.74, 6) is -0.110. The molecule has 2 aromatic rings. The molecule has 1 N–H and O–H groups in total. The van der Waals surface area contributed by atoms with Gasteiger partial charge >= 0.3 is 0 Å². The molecule has 76 valence electrons. The van der Waals surface area contributed by atoms with Crippen LogP contribution in [-0.4, -0.2) is 22.1 Å². The number of nitrogens with one attached hydrogen (secondary N) is 1. The summed E-state index contributed by atoms with van der Waals surface area (Å²) in [5, 5.41) is 6.79. The van der Waals surface area contributed by atoms with E-state index in [0.29, 0.717) is 12.1 Å². The second kappa shape index (κ2) is 3.96. The van der Waals surface area contributed by atoms with Crippen molar-refractivity contribution in [1.29, 1.82) is 0 Å². The van der Waals surface area contributed by atoms with Crippen molar-refractivity contribution in [3.05, 3.63) is 48.8 Å². The predicted octanol–water partition coefficient (Wildman–Crippen LogP) is 1.25. The Morgan fingerprint density at radius 1 is 1.60 bits per heavy atom. The molecule has 0 aromatic carbocycles. The minimum absolute atomic E-state index is 0.110. The molecule has 4 nitrogen and oxygen atoms in total. The van der Waals surface area contributed by atoms with Crippen LogP contribution in [0.15, 0.2) is 43.2 Å². The van der Waals surface area contributed by atoms with Crippen LogP contribution in [0.4, 0.5) is 0 Å². The molecule has 0 aliphatic rings.